The lowest BCUT2D eigenvalue weighted by Crippen LogP contribution is -2.33. The van der Waals surface area contributed by atoms with Crippen LogP contribution in [0.2, 0.25) is 5.02 Å². The number of nitrogens with one attached hydrogen (secondary N) is 1. The summed E-state index contributed by atoms with van der Waals surface area (Å²) < 4.78 is 0. The van der Waals surface area contributed by atoms with Gasteiger partial charge in [0.25, 0.3) is 0 Å². The van der Waals surface area contributed by atoms with Gasteiger partial charge in [-0.3, -0.25) is 4.79 Å². The summed E-state index contributed by atoms with van der Waals surface area (Å²) >= 11 is 5.80. The van der Waals surface area contributed by atoms with Crippen LogP contribution >= 0.6 is 11.6 Å². The maximum atomic E-state index is 11.8. The minimum Gasteiger partial charge on any atom is -0.387 e. The molecule has 2 N–H and O–H groups in total. The predicted molar refractivity (Wildman–Crippen MR) is 81.8 cm³/mol. The highest BCUT2D eigenvalue weighted by Gasteiger charge is 2.10. The van der Waals surface area contributed by atoms with E-state index in [4.69, 9.17) is 11.6 Å². The first-order valence-electron chi connectivity index (χ1n) is 7.00. The number of benzene rings is 1. The molecule has 0 aliphatic heterocycles. The number of amides is 1. The Labute approximate surface area is 125 Å². The van der Waals surface area contributed by atoms with Gasteiger partial charge in [-0.25, -0.2) is 0 Å². The van der Waals surface area contributed by atoms with Crippen LogP contribution in [-0.4, -0.2) is 42.1 Å². The Balaban J connectivity index is 2.27. The summed E-state index contributed by atoms with van der Waals surface area (Å²) in [6, 6.07) is 7.11. The zero-order valence-electron chi connectivity index (χ0n) is 12.1. The van der Waals surface area contributed by atoms with Crippen molar-refractivity contribution in [1.29, 1.82) is 0 Å². The van der Waals surface area contributed by atoms with E-state index in [2.05, 4.69) is 5.32 Å². The van der Waals surface area contributed by atoms with E-state index in [1.54, 1.807) is 29.2 Å². The molecule has 4 nitrogen and oxygen atoms in total. The van der Waals surface area contributed by atoms with Crippen LogP contribution in [-0.2, 0) is 4.79 Å². The predicted octanol–water partition coefficient (Wildman–Crippen LogP) is 2.22. The van der Waals surface area contributed by atoms with E-state index in [9.17, 15) is 9.90 Å². The van der Waals surface area contributed by atoms with Gasteiger partial charge in [-0.05, 0) is 31.5 Å². The summed E-state index contributed by atoms with van der Waals surface area (Å²) in [5.41, 5.74) is 0.817. The van der Waals surface area contributed by atoms with E-state index >= 15 is 0 Å². The molecule has 0 saturated carbocycles. The molecule has 0 radical (unpaired) electrons. The lowest BCUT2D eigenvalue weighted by molar-refractivity contribution is -0.130. The normalized spacial score (nSPS) is 12.2. The first-order chi connectivity index (χ1) is 9.58. The second-order valence-electron chi connectivity index (χ2n) is 4.59. The molecule has 0 aliphatic rings. The Morgan fingerprint density at radius 1 is 1.30 bits per heavy atom. The fourth-order valence-electron chi connectivity index (χ4n) is 1.97. The fraction of sp³-hybridized carbons (Fsp3) is 0.533. The minimum atomic E-state index is -0.587. The highest BCUT2D eigenvalue weighted by atomic mass is 35.5. The Morgan fingerprint density at radius 2 is 1.90 bits per heavy atom. The van der Waals surface area contributed by atoms with Gasteiger partial charge in [0.15, 0.2) is 0 Å². The Morgan fingerprint density at radius 3 is 2.45 bits per heavy atom. The number of carbonyl (C=O) groups excluding carboxylic acids is 1. The average Bonchev–Trinajstić information content (AvgIpc) is 2.45. The van der Waals surface area contributed by atoms with Crippen LogP contribution in [0.4, 0.5) is 0 Å². The van der Waals surface area contributed by atoms with E-state index in [-0.39, 0.29) is 5.91 Å². The zero-order valence-corrected chi connectivity index (χ0v) is 12.9. The molecule has 0 bridgehead atoms. The van der Waals surface area contributed by atoms with Crippen molar-refractivity contribution in [2.45, 2.75) is 26.4 Å². The molecular formula is C15H23ClN2O2. The SMILES string of the molecule is CCN(CC)C(=O)CCNCC(O)c1ccc(Cl)cc1. The summed E-state index contributed by atoms with van der Waals surface area (Å²) in [4.78, 5) is 13.6. The Kier molecular flexibility index (Phi) is 7.59. The molecule has 20 heavy (non-hydrogen) atoms. The monoisotopic (exact) mass is 298 g/mol. The number of halogens is 1. The molecule has 1 aromatic rings. The summed E-state index contributed by atoms with van der Waals surface area (Å²) in [5, 5.41) is 13.7. The van der Waals surface area contributed by atoms with Crippen molar-refractivity contribution < 1.29 is 9.90 Å². The van der Waals surface area contributed by atoms with Crippen LogP contribution in [0, 0.1) is 0 Å². The van der Waals surface area contributed by atoms with Gasteiger partial charge in [0.1, 0.15) is 0 Å². The van der Waals surface area contributed by atoms with Gasteiger partial charge in [-0.15, -0.1) is 0 Å². The maximum absolute atomic E-state index is 11.8. The van der Waals surface area contributed by atoms with Crippen LogP contribution in [0.5, 0.6) is 0 Å². The Bertz CT molecular complexity index is 405. The molecule has 0 aromatic heterocycles. The number of aliphatic hydroxyl groups is 1. The summed E-state index contributed by atoms with van der Waals surface area (Å²) in [5.74, 6) is 0.142. The highest BCUT2D eigenvalue weighted by molar-refractivity contribution is 6.30. The molecule has 1 aromatic carbocycles. The van der Waals surface area contributed by atoms with Crippen molar-refractivity contribution in [3.8, 4) is 0 Å². The largest absolute Gasteiger partial charge is 0.387 e. The van der Waals surface area contributed by atoms with Gasteiger partial charge in [0, 0.05) is 37.6 Å². The number of rotatable bonds is 8. The third-order valence-corrected chi connectivity index (χ3v) is 3.48. The number of nitrogens with zero attached hydrogens (tertiary/aromatic N) is 1. The molecule has 1 atom stereocenters. The second kappa shape index (κ2) is 8.95. The van der Waals surface area contributed by atoms with Crippen molar-refractivity contribution in [2.24, 2.45) is 0 Å². The average molecular weight is 299 g/mol. The molecule has 0 spiro atoms. The van der Waals surface area contributed by atoms with Gasteiger partial charge >= 0.3 is 0 Å². The van der Waals surface area contributed by atoms with Gasteiger partial charge in [-0.1, -0.05) is 23.7 Å². The van der Waals surface area contributed by atoms with Gasteiger partial charge < -0.3 is 15.3 Å². The highest BCUT2D eigenvalue weighted by Crippen LogP contribution is 2.15. The molecule has 1 unspecified atom stereocenters. The van der Waals surface area contributed by atoms with E-state index in [1.807, 2.05) is 13.8 Å². The number of carbonyl (C=O) groups is 1. The first kappa shape index (κ1) is 17.0. The maximum Gasteiger partial charge on any atom is 0.223 e. The quantitative estimate of drug-likeness (QED) is 0.724. The molecule has 0 heterocycles. The first-order valence-corrected chi connectivity index (χ1v) is 7.38. The molecule has 0 aliphatic carbocycles. The van der Waals surface area contributed by atoms with Crippen molar-refractivity contribution in [3.05, 3.63) is 34.9 Å². The molecule has 5 heteroatoms. The molecular weight excluding hydrogens is 276 g/mol. The number of hydrogen-bond donors (Lipinski definition) is 2. The molecule has 1 amide bonds. The van der Waals surface area contributed by atoms with Crippen LogP contribution in [0.25, 0.3) is 0 Å². The van der Waals surface area contributed by atoms with Gasteiger partial charge in [0.05, 0.1) is 6.10 Å². The van der Waals surface area contributed by atoms with Crippen molar-refractivity contribution in [1.82, 2.24) is 10.2 Å². The van der Waals surface area contributed by atoms with Crippen LogP contribution in [0.15, 0.2) is 24.3 Å². The summed E-state index contributed by atoms with van der Waals surface area (Å²) in [6.07, 6.45) is -0.134. The molecule has 1 rings (SSSR count). The number of hydrogen-bond acceptors (Lipinski definition) is 3. The van der Waals surface area contributed by atoms with Crippen LogP contribution in [0.1, 0.15) is 31.9 Å². The van der Waals surface area contributed by atoms with Crippen molar-refractivity contribution >= 4 is 17.5 Å². The summed E-state index contributed by atoms with van der Waals surface area (Å²) in [7, 11) is 0. The van der Waals surface area contributed by atoms with E-state index < -0.39 is 6.10 Å². The Hall–Kier alpha value is -1.10. The van der Waals surface area contributed by atoms with Crippen molar-refractivity contribution in [3.63, 3.8) is 0 Å². The van der Waals surface area contributed by atoms with E-state index in [0.717, 1.165) is 18.7 Å². The van der Waals surface area contributed by atoms with Crippen LogP contribution < -0.4 is 5.32 Å². The third-order valence-electron chi connectivity index (χ3n) is 3.22. The standard InChI is InChI=1S/C15H23ClN2O2/c1-3-18(4-2)15(20)9-10-17-11-14(19)12-5-7-13(16)8-6-12/h5-8,14,17,19H,3-4,9-11H2,1-2H3. The fourth-order valence-corrected chi connectivity index (χ4v) is 2.10. The second-order valence-corrected chi connectivity index (χ2v) is 5.02. The van der Waals surface area contributed by atoms with Gasteiger partial charge in [-0.2, -0.15) is 0 Å². The molecule has 0 saturated heterocycles. The summed E-state index contributed by atoms with van der Waals surface area (Å²) in [6.45, 7) is 6.41. The van der Waals surface area contributed by atoms with E-state index in [0.29, 0.717) is 24.5 Å². The van der Waals surface area contributed by atoms with Crippen molar-refractivity contribution in [2.75, 3.05) is 26.2 Å². The lowest BCUT2D eigenvalue weighted by Gasteiger charge is -2.19. The minimum absolute atomic E-state index is 0.142. The van der Waals surface area contributed by atoms with Crippen LogP contribution in [0.3, 0.4) is 0 Å². The van der Waals surface area contributed by atoms with Gasteiger partial charge in [0.2, 0.25) is 5.91 Å². The zero-order chi connectivity index (χ0) is 15.0. The lowest BCUT2D eigenvalue weighted by atomic mass is 10.1. The molecule has 112 valence electrons. The van der Waals surface area contributed by atoms with E-state index in [1.165, 1.54) is 0 Å². The number of aliphatic hydroxyl groups excluding tert-OH is 1. The smallest absolute Gasteiger partial charge is 0.223 e. The third kappa shape index (κ3) is 5.49. The topological polar surface area (TPSA) is 52.6 Å². The molecule has 0 fully saturated rings.